The van der Waals surface area contributed by atoms with Gasteiger partial charge in [-0.1, -0.05) is 32.0 Å². The van der Waals surface area contributed by atoms with E-state index in [4.69, 9.17) is 4.74 Å². The van der Waals surface area contributed by atoms with Gasteiger partial charge in [-0.2, -0.15) is 0 Å². The molecular weight excluding hydrogens is 260 g/mol. The average Bonchev–Trinajstić information content (AvgIpc) is 2.56. The molecule has 0 bridgehead atoms. The lowest BCUT2D eigenvalue weighted by molar-refractivity contribution is 0.403. The monoisotopic (exact) mass is 284 g/mol. The normalized spacial score (nSPS) is 12.1. The Morgan fingerprint density at radius 3 is 2.67 bits per heavy atom. The summed E-state index contributed by atoms with van der Waals surface area (Å²) >= 11 is 0. The highest BCUT2D eigenvalue weighted by Gasteiger charge is 2.19. The van der Waals surface area contributed by atoms with Gasteiger partial charge in [-0.25, -0.2) is 0 Å². The molecular formula is C18H24N2O. The van der Waals surface area contributed by atoms with Crippen LogP contribution in [-0.2, 0) is 6.42 Å². The average molecular weight is 284 g/mol. The summed E-state index contributed by atoms with van der Waals surface area (Å²) in [6, 6.07) is 10.5. The highest BCUT2D eigenvalue weighted by Crippen LogP contribution is 2.31. The van der Waals surface area contributed by atoms with E-state index in [0.29, 0.717) is 0 Å². The lowest BCUT2D eigenvalue weighted by Gasteiger charge is -2.23. The van der Waals surface area contributed by atoms with E-state index in [1.54, 1.807) is 7.11 Å². The van der Waals surface area contributed by atoms with Crippen LogP contribution in [-0.4, -0.2) is 18.6 Å². The Morgan fingerprint density at radius 1 is 1.14 bits per heavy atom. The van der Waals surface area contributed by atoms with E-state index >= 15 is 0 Å². The van der Waals surface area contributed by atoms with E-state index in [1.165, 1.54) is 16.7 Å². The number of hydrogen-bond acceptors (Lipinski definition) is 3. The Balaban J connectivity index is 2.47. The number of benzene rings is 1. The van der Waals surface area contributed by atoms with Crippen LogP contribution in [0.15, 0.2) is 42.7 Å². The summed E-state index contributed by atoms with van der Waals surface area (Å²) in [7, 11) is 1.73. The van der Waals surface area contributed by atoms with Gasteiger partial charge in [-0.3, -0.25) is 4.98 Å². The molecule has 0 spiro atoms. The molecule has 2 aromatic rings. The molecule has 112 valence electrons. The molecule has 1 aromatic carbocycles. The second-order valence-electron chi connectivity index (χ2n) is 5.06. The zero-order chi connectivity index (χ0) is 15.1. The van der Waals surface area contributed by atoms with Gasteiger partial charge >= 0.3 is 0 Å². The minimum absolute atomic E-state index is 0.138. The maximum absolute atomic E-state index is 5.55. The van der Waals surface area contributed by atoms with Gasteiger partial charge in [0.15, 0.2) is 0 Å². The van der Waals surface area contributed by atoms with Crippen LogP contribution in [0.4, 0.5) is 0 Å². The Labute approximate surface area is 127 Å². The summed E-state index contributed by atoms with van der Waals surface area (Å²) in [6.07, 6.45) is 5.90. The fourth-order valence-corrected chi connectivity index (χ4v) is 2.60. The van der Waals surface area contributed by atoms with Crippen molar-refractivity contribution in [2.24, 2.45) is 0 Å². The molecule has 0 aliphatic heterocycles. The smallest absolute Gasteiger partial charge is 0.123 e. The van der Waals surface area contributed by atoms with Gasteiger partial charge in [0.05, 0.1) is 13.2 Å². The number of methoxy groups -OCH3 is 1. The third kappa shape index (κ3) is 3.61. The Kier molecular flexibility index (Phi) is 5.76. The van der Waals surface area contributed by atoms with E-state index in [9.17, 15) is 0 Å². The summed E-state index contributed by atoms with van der Waals surface area (Å²) in [5, 5.41) is 3.64. The molecule has 0 aliphatic rings. The molecule has 1 N–H and O–H groups in total. The van der Waals surface area contributed by atoms with Crippen LogP contribution in [0.2, 0.25) is 0 Å². The van der Waals surface area contributed by atoms with E-state index in [0.717, 1.165) is 25.1 Å². The van der Waals surface area contributed by atoms with Crippen LogP contribution in [0.5, 0.6) is 5.75 Å². The number of rotatable bonds is 7. The van der Waals surface area contributed by atoms with Crippen molar-refractivity contribution in [3.8, 4) is 5.75 Å². The van der Waals surface area contributed by atoms with Gasteiger partial charge in [-0.05, 0) is 42.6 Å². The van der Waals surface area contributed by atoms with Crippen LogP contribution in [0.3, 0.4) is 0 Å². The zero-order valence-corrected chi connectivity index (χ0v) is 13.1. The van der Waals surface area contributed by atoms with Crippen molar-refractivity contribution in [3.05, 3.63) is 59.4 Å². The second kappa shape index (κ2) is 7.79. The first-order valence-corrected chi connectivity index (χ1v) is 7.60. The zero-order valence-electron chi connectivity index (χ0n) is 13.1. The molecule has 0 saturated heterocycles. The van der Waals surface area contributed by atoms with Crippen LogP contribution in [0, 0.1) is 0 Å². The molecule has 0 saturated carbocycles. The van der Waals surface area contributed by atoms with Crippen LogP contribution in [0.25, 0.3) is 0 Å². The Hall–Kier alpha value is -1.87. The lowest BCUT2D eigenvalue weighted by atomic mass is 9.94. The van der Waals surface area contributed by atoms with Crippen LogP contribution in [0.1, 0.15) is 43.0 Å². The number of aromatic nitrogens is 1. The second-order valence-corrected chi connectivity index (χ2v) is 5.06. The van der Waals surface area contributed by atoms with Crippen molar-refractivity contribution in [2.75, 3.05) is 13.7 Å². The number of para-hydroxylation sites is 1. The lowest BCUT2D eigenvalue weighted by Crippen LogP contribution is -2.24. The van der Waals surface area contributed by atoms with Gasteiger partial charge < -0.3 is 10.1 Å². The quantitative estimate of drug-likeness (QED) is 0.841. The van der Waals surface area contributed by atoms with Crippen LogP contribution >= 0.6 is 0 Å². The predicted octanol–water partition coefficient (Wildman–Crippen LogP) is 3.74. The number of nitrogens with zero attached hydrogens (tertiary/aromatic N) is 1. The standard InChI is InChI=1S/C18H24N2O/c1-4-11-20-18(15-10-12-19-13-14(15)5-2)16-8-6-7-9-17(16)21-3/h6-10,12-13,18,20H,4-5,11H2,1-3H3. The van der Waals surface area contributed by atoms with Crippen LogP contribution < -0.4 is 10.1 Å². The molecule has 1 heterocycles. The summed E-state index contributed by atoms with van der Waals surface area (Å²) < 4.78 is 5.55. The molecule has 1 unspecified atom stereocenters. The molecule has 1 aromatic heterocycles. The topological polar surface area (TPSA) is 34.2 Å². The van der Waals surface area contributed by atoms with E-state index in [-0.39, 0.29) is 6.04 Å². The summed E-state index contributed by atoms with van der Waals surface area (Å²) in [4.78, 5) is 4.26. The van der Waals surface area contributed by atoms with Gasteiger partial charge in [0.25, 0.3) is 0 Å². The Morgan fingerprint density at radius 2 is 1.95 bits per heavy atom. The molecule has 0 amide bonds. The van der Waals surface area contributed by atoms with Crippen molar-refractivity contribution < 1.29 is 4.74 Å². The first-order chi connectivity index (χ1) is 10.3. The van der Waals surface area contributed by atoms with Crippen molar-refractivity contribution in [1.82, 2.24) is 10.3 Å². The number of aryl methyl sites for hydroxylation is 1. The van der Waals surface area contributed by atoms with Gasteiger partial charge in [0.1, 0.15) is 5.75 Å². The number of nitrogens with one attached hydrogen (secondary N) is 1. The summed E-state index contributed by atoms with van der Waals surface area (Å²) in [5.74, 6) is 0.921. The third-order valence-electron chi connectivity index (χ3n) is 3.68. The van der Waals surface area contributed by atoms with Crippen molar-refractivity contribution in [2.45, 2.75) is 32.7 Å². The van der Waals surface area contributed by atoms with Gasteiger partial charge in [0.2, 0.25) is 0 Å². The summed E-state index contributed by atoms with van der Waals surface area (Å²) in [6.45, 7) is 5.31. The predicted molar refractivity (Wildman–Crippen MR) is 86.7 cm³/mol. The first kappa shape index (κ1) is 15.5. The van der Waals surface area contributed by atoms with Gasteiger partial charge in [0, 0.05) is 18.0 Å². The Bertz CT molecular complexity index is 521. The summed E-state index contributed by atoms with van der Waals surface area (Å²) in [5.41, 5.74) is 3.73. The fourth-order valence-electron chi connectivity index (χ4n) is 2.60. The highest BCUT2D eigenvalue weighted by molar-refractivity contribution is 5.43. The van der Waals surface area contributed by atoms with Crippen molar-refractivity contribution >= 4 is 0 Å². The number of hydrogen-bond donors (Lipinski definition) is 1. The maximum Gasteiger partial charge on any atom is 0.123 e. The molecule has 0 fully saturated rings. The van der Waals surface area contributed by atoms with Crippen molar-refractivity contribution in [1.29, 1.82) is 0 Å². The SMILES string of the molecule is CCCNC(c1ccncc1CC)c1ccccc1OC. The molecule has 0 radical (unpaired) electrons. The number of ether oxygens (including phenoxy) is 1. The minimum atomic E-state index is 0.138. The highest BCUT2D eigenvalue weighted by atomic mass is 16.5. The minimum Gasteiger partial charge on any atom is -0.496 e. The molecule has 3 heteroatoms. The van der Waals surface area contributed by atoms with Gasteiger partial charge in [-0.15, -0.1) is 0 Å². The third-order valence-corrected chi connectivity index (χ3v) is 3.68. The fraction of sp³-hybridized carbons (Fsp3) is 0.389. The van der Waals surface area contributed by atoms with E-state index in [2.05, 4.69) is 42.3 Å². The number of pyridine rings is 1. The molecule has 21 heavy (non-hydrogen) atoms. The molecule has 1 atom stereocenters. The molecule has 0 aliphatic carbocycles. The van der Waals surface area contributed by atoms with E-state index in [1.807, 2.05) is 24.5 Å². The molecule has 3 nitrogen and oxygen atoms in total. The largest absolute Gasteiger partial charge is 0.496 e. The van der Waals surface area contributed by atoms with Crippen molar-refractivity contribution in [3.63, 3.8) is 0 Å². The first-order valence-electron chi connectivity index (χ1n) is 7.60. The maximum atomic E-state index is 5.55. The van der Waals surface area contributed by atoms with E-state index < -0.39 is 0 Å². The molecule has 2 rings (SSSR count).